The maximum atomic E-state index is 13.9. The average Bonchev–Trinajstić information content (AvgIpc) is 3.17. The fraction of sp³-hybridized carbons (Fsp3) is 0.125. The van der Waals surface area contributed by atoms with E-state index in [0.29, 0.717) is 45.5 Å². The van der Waals surface area contributed by atoms with Gasteiger partial charge in [-0.2, -0.15) is 0 Å². The van der Waals surface area contributed by atoms with E-state index in [1.165, 1.54) is 39.2 Å². The molecule has 11 heteroatoms. The van der Waals surface area contributed by atoms with Crippen molar-refractivity contribution in [3.63, 3.8) is 0 Å². The van der Waals surface area contributed by atoms with Crippen LogP contribution in [0.4, 0.5) is 11.4 Å². The minimum absolute atomic E-state index is 0.0315. The minimum Gasteiger partial charge on any atom is -0.497 e. The zero-order valence-electron chi connectivity index (χ0n) is 28.5. The Kier molecular flexibility index (Phi) is 12.4. The molecule has 1 unspecified atom stereocenters. The number of thioether (sulfide) groups is 1. The Balaban J connectivity index is 1.43. The molecule has 3 N–H and O–H groups in total. The number of benzene rings is 5. The predicted molar refractivity (Wildman–Crippen MR) is 200 cm³/mol. The Morgan fingerprint density at radius 3 is 1.90 bits per heavy atom. The summed E-state index contributed by atoms with van der Waals surface area (Å²) in [6.07, 6.45) is 1.52. The second kappa shape index (κ2) is 17.5. The first kappa shape index (κ1) is 36.1. The molecule has 0 heterocycles. The number of carbonyl (C=O) groups excluding carboxylic acids is 3. The van der Waals surface area contributed by atoms with Gasteiger partial charge in [0.1, 0.15) is 16.7 Å². The van der Waals surface area contributed by atoms with Gasteiger partial charge in [0.05, 0.1) is 28.4 Å². The number of hydrogen-bond donors (Lipinski definition) is 3. The number of ether oxygens (including phenoxy) is 4. The Hall–Kier alpha value is -6.20. The highest BCUT2D eigenvalue weighted by atomic mass is 32.2. The molecule has 1 atom stereocenters. The van der Waals surface area contributed by atoms with Crippen LogP contribution in [-0.4, -0.2) is 46.2 Å². The van der Waals surface area contributed by atoms with E-state index in [1.54, 1.807) is 92.0 Å². The number of anilines is 2. The van der Waals surface area contributed by atoms with Gasteiger partial charge in [0.15, 0.2) is 11.5 Å². The molecule has 3 amide bonds. The molecule has 0 saturated carbocycles. The zero-order chi connectivity index (χ0) is 36.2. The van der Waals surface area contributed by atoms with E-state index in [2.05, 4.69) is 16.0 Å². The van der Waals surface area contributed by atoms with Crippen molar-refractivity contribution in [1.29, 1.82) is 0 Å². The third-order valence-corrected chi connectivity index (χ3v) is 8.80. The summed E-state index contributed by atoms with van der Waals surface area (Å²) in [5.74, 6) is 0.492. The topological polar surface area (TPSA) is 124 Å². The van der Waals surface area contributed by atoms with Crippen LogP contribution in [0.2, 0.25) is 0 Å². The third-order valence-electron chi connectivity index (χ3n) is 7.55. The predicted octanol–water partition coefficient (Wildman–Crippen LogP) is 7.60. The SMILES string of the molecule is COc1cccc(NC(=O)C(Sc2cccc(NC(=O)/C(=C\c3cc(OC)c(OC)c(OC)c3)NC(=O)c3ccccc3)c2)c2ccccc2)c1. The van der Waals surface area contributed by atoms with Gasteiger partial charge in [0.2, 0.25) is 11.7 Å². The van der Waals surface area contributed by atoms with E-state index in [-0.39, 0.29) is 11.6 Å². The highest BCUT2D eigenvalue weighted by Crippen LogP contribution is 2.39. The molecule has 5 aromatic rings. The van der Waals surface area contributed by atoms with Gasteiger partial charge in [-0.15, -0.1) is 11.8 Å². The summed E-state index contributed by atoms with van der Waals surface area (Å²) in [7, 11) is 6.05. The maximum Gasteiger partial charge on any atom is 0.272 e. The van der Waals surface area contributed by atoms with Crippen LogP contribution in [-0.2, 0) is 9.59 Å². The van der Waals surface area contributed by atoms with Crippen LogP contribution < -0.4 is 34.9 Å². The number of carbonyl (C=O) groups is 3. The van der Waals surface area contributed by atoms with Crippen molar-refractivity contribution in [3.05, 3.63) is 144 Å². The summed E-state index contributed by atoms with van der Waals surface area (Å²) >= 11 is 1.33. The zero-order valence-corrected chi connectivity index (χ0v) is 29.3. The Morgan fingerprint density at radius 1 is 0.647 bits per heavy atom. The van der Waals surface area contributed by atoms with Gasteiger partial charge in [0, 0.05) is 27.9 Å². The molecule has 0 aromatic heterocycles. The smallest absolute Gasteiger partial charge is 0.272 e. The van der Waals surface area contributed by atoms with Crippen LogP contribution in [0.3, 0.4) is 0 Å². The number of rotatable bonds is 14. The van der Waals surface area contributed by atoms with E-state index < -0.39 is 17.1 Å². The molecule has 51 heavy (non-hydrogen) atoms. The Morgan fingerprint density at radius 2 is 1.27 bits per heavy atom. The van der Waals surface area contributed by atoms with Gasteiger partial charge in [-0.05, 0) is 71.8 Å². The van der Waals surface area contributed by atoms with Gasteiger partial charge < -0.3 is 34.9 Å². The molecule has 10 nitrogen and oxygen atoms in total. The quantitative estimate of drug-likeness (QED) is 0.0798. The highest BCUT2D eigenvalue weighted by molar-refractivity contribution is 8.00. The van der Waals surface area contributed by atoms with Crippen LogP contribution in [0, 0.1) is 0 Å². The summed E-state index contributed by atoms with van der Waals surface area (Å²) in [5, 5.41) is 8.02. The van der Waals surface area contributed by atoms with Crippen LogP contribution in [0.25, 0.3) is 6.08 Å². The van der Waals surface area contributed by atoms with Gasteiger partial charge >= 0.3 is 0 Å². The second-order valence-electron chi connectivity index (χ2n) is 10.9. The largest absolute Gasteiger partial charge is 0.497 e. The van der Waals surface area contributed by atoms with Crippen LogP contribution in [0.15, 0.2) is 132 Å². The average molecular weight is 704 g/mol. The van der Waals surface area contributed by atoms with E-state index in [0.717, 1.165) is 10.5 Å². The van der Waals surface area contributed by atoms with Crippen molar-refractivity contribution in [1.82, 2.24) is 5.32 Å². The van der Waals surface area contributed by atoms with Crippen molar-refractivity contribution >= 4 is 46.9 Å². The lowest BCUT2D eigenvalue weighted by molar-refractivity contribution is -0.116. The number of methoxy groups -OCH3 is 4. The fourth-order valence-electron chi connectivity index (χ4n) is 5.08. The summed E-state index contributed by atoms with van der Waals surface area (Å²) in [6, 6.07) is 35.6. The molecule has 0 bridgehead atoms. The van der Waals surface area contributed by atoms with Crippen LogP contribution in [0.1, 0.15) is 26.7 Å². The third kappa shape index (κ3) is 9.49. The molecule has 0 saturated heterocycles. The van der Waals surface area contributed by atoms with E-state index in [9.17, 15) is 14.4 Å². The van der Waals surface area contributed by atoms with Gasteiger partial charge in [-0.3, -0.25) is 14.4 Å². The molecule has 260 valence electrons. The molecule has 0 radical (unpaired) electrons. The van der Waals surface area contributed by atoms with Crippen LogP contribution >= 0.6 is 11.8 Å². The highest BCUT2D eigenvalue weighted by Gasteiger charge is 2.23. The number of nitrogens with one attached hydrogen (secondary N) is 3. The molecule has 0 aliphatic rings. The normalized spacial score (nSPS) is 11.5. The molecule has 0 spiro atoms. The summed E-state index contributed by atoms with van der Waals surface area (Å²) in [4.78, 5) is 41.5. The van der Waals surface area contributed by atoms with Crippen molar-refractivity contribution in [2.45, 2.75) is 10.1 Å². The maximum absolute atomic E-state index is 13.9. The van der Waals surface area contributed by atoms with Gasteiger partial charge in [-0.1, -0.05) is 60.7 Å². The van der Waals surface area contributed by atoms with Gasteiger partial charge in [0.25, 0.3) is 11.8 Å². The van der Waals surface area contributed by atoms with E-state index in [4.69, 9.17) is 18.9 Å². The van der Waals surface area contributed by atoms with E-state index >= 15 is 0 Å². The molecule has 5 aromatic carbocycles. The number of amides is 3. The fourth-order valence-corrected chi connectivity index (χ4v) is 6.17. The molecule has 0 aliphatic carbocycles. The lowest BCUT2D eigenvalue weighted by Gasteiger charge is -2.18. The second-order valence-corrected chi connectivity index (χ2v) is 12.1. The Labute approximate surface area is 300 Å². The van der Waals surface area contributed by atoms with Crippen molar-refractivity contribution < 1.29 is 33.3 Å². The van der Waals surface area contributed by atoms with Crippen molar-refractivity contribution in [2.24, 2.45) is 0 Å². The molecule has 5 rings (SSSR count). The summed E-state index contributed by atoms with van der Waals surface area (Å²) < 4.78 is 21.7. The Bertz CT molecular complexity index is 1990. The first-order valence-corrected chi connectivity index (χ1v) is 16.7. The van der Waals surface area contributed by atoms with Crippen molar-refractivity contribution in [3.8, 4) is 23.0 Å². The summed E-state index contributed by atoms with van der Waals surface area (Å²) in [5.41, 5.74) is 2.71. The van der Waals surface area contributed by atoms with Crippen molar-refractivity contribution in [2.75, 3.05) is 39.1 Å². The minimum atomic E-state index is -0.621. The number of hydrogen-bond acceptors (Lipinski definition) is 8. The molecular formula is C40H37N3O7S. The van der Waals surface area contributed by atoms with E-state index in [1.807, 2.05) is 36.4 Å². The monoisotopic (exact) mass is 703 g/mol. The first-order chi connectivity index (χ1) is 24.8. The molecular weight excluding hydrogens is 667 g/mol. The molecule has 0 fully saturated rings. The summed E-state index contributed by atoms with van der Waals surface area (Å²) in [6.45, 7) is 0. The lowest BCUT2D eigenvalue weighted by atomic mass is 10.1. The standard InChI is InChI=1S/C40H37N3O7S/c1-47-31-19-11-17-29(24-31)42-40(46)37(27-13-7-5-8-14-27)51-32-20-12-18-30(25-32)41-39(45)33(43-38(44)28-15-9-6-10-16-28)21-26-22-34(48-2)36(50-4)35(23-26)49-3/h5-25,37H,1-4H3,(H,41,45)(H,42,46)(H,43,44)/b33-21+. The molecule has 0 aliphatic heterocycles. The lowest BCUT2D eigenvalue weighted by Crippen LogP contribution is -2.30. The van der Waals surface area contributed by atoms with Crippen LogP contribution in [0.5, 0.6) is 23.0 Å². The first-order valence-electron chi connectivity index (χ1n) is 15.8. The van der Waals surface area contributed by atoms with Gasteiger partial charge in [-0.25, -0.2) is 0 Å².